The van der Waals surface area contributed by atoms with Crippen LogP contribution in [0.2, 0.25) is 0 Å². The Balaban J connectivity index is 0.000000407. The first kappa shape index (κ1) is 20.8. The maximum atomic E-state index is 13.3. The second-order valence-corrected chi connectivity index (χ2v) is 9.06. The Bertz CT molecular complexity index is 1360. The third kappa shape index (κ3) is 4.09. The topological polar surface area (TPSA) is 111 Å². The number of nitrogens with zero attached hydrogens (tertiary/aromatic N) is 6. The van der Waals surface area contributed by atoms with Crippen LogP contribution in [-0.2, 0) is 9.84 Å². The van der Waals surface area contributed by atoms with E-state index in [1.54, 1.807) is 83.1 Å². The minimum Gasteiger partial charge on any atom is -0.351 e. The molecule has 11 heteroatoms. The Kier molecular flexibility index (Phi) is 5.87. The van der Waals surface area contributed by atoms with Crippen LogP contribution in [0.3, 0.4) is 0 Å². The number of H-pyrrole nitrogens is 1. The Morgan fingerprint density at radius 3 is 2.48 bits per heavy atom. The number of aromatic amines is 1. The van der Waals surface area contributed by atoms with Crippen LogP contribution in [0.15, 0.2) is 88.7 Å². The molecule has 1 N–H and O–H groups in total. The monoisotopic (exact) mass is 453 g/mol. The molecule has 0 amide bonds. The van der Waals surface area contributed by atoms with Gasteiger partial charge in [0.05, 0.1) is 11.2 Å². The minimum atomic E-state index is -3.76. The molecule has 0 spiro atoms. The Morgan fingerprint density at radius 2 is 1.90 bits per heavy atom. The van der Waals surface area contributed by atoms with Crippen LogP contribution in [0.5, 0.6) is 0 Å². The molecular formula is C20H19N7O2S2. The zero-order chi connectivity index (χ0) is 21.8. The lowest BCUT2D eigenvalue weighted by molar-refractivity contribution is 0.594. The van der Waals surface area contributed by atoms with E-state index in [9.17, 15) is 8.42 Å². The zero-order valence-electron chi connectivity index (χ0n) is 16.7. The maximum absolute atomic E-state index is 13.3. The molecular weight excluding hydrogens is 434 g/mol. The van der Waals surface area contributed by atoms with E-state index in [1.165, 1.54) is 11.8 Å². The molecule has 0 aliphatic rings. The molecule has 4 aromatic heterocycles. The van der Waals surface area contributed by atoms with Crippen molar-refractivity contribution in [1.29, 1.82) is 0 Å². The molecule has 9 nitrogen and oxygen atoms in total. The summed E-state index contributed by atoms with van der Waals surface area (Å²) in [5.74, 6) is 0.676. The largest absolute Gasteiger partial charge is 0.351 e. The number of rotatable bonds is 4. The molecule has 0 bridgehead atoms. The number of benzene rings is 1. The minimum absolute atomic E-state index is 0.126. The highest BCUT2D eigenvalue weighted by atomic mass is 32.2. The van der Waals surface area contributed by atoms with Crippen molar-refractivity contribution >= 4 is 27.2 Å². The molecule has 0 aliphatic heterocycles. The quantitative estimate of drug-likeness (QED) is 0.416. The van der Waals surface area contributed by atoms with Gasteiger partial charge in [-0.05, 0) is 25.3 Å². The summed E-state index contributed by atoms with van der Waals surface area (Å²) < 4.78 is 29.9. The highest BCUT2D eigenvalue weighted by molar-refractivity contribution is 7.99. The van der Waals surface area contributed by atoms with Crippen LogP contribution in [0.4, 0.5) is 0 Å². The lowest BCUT2D eigenvalue weighted by Gasteiger charge is -2.07. The summed E-state index contributed by atoms with van der Waals surface area (Å²) in [7, 11) is -3.76. The maximum Gasteiger partial charge on any atom is 0.213 e. The summed E-state index contributed by atoms with van der Waals surface area (Å²) in [4.78, 5) is 15.3. The fraction of sp³-hybridized carbons (Fsp3) is 0.100. The molecule has 0 unspecified atom stereocenters. The molecule has 0 atom stereocenters. The van der Waals surface area contributed by atoms with E-state index < -0.39 is 9.84 Å². The smallest absolute Gasteiger partial charge is 0.213 e. The van der Waals surface area contributed by atoms with Gasteiger partial charge in [0.15, 0.2) is 10.5 Å². The van der Waals surface area contributed by atoms with Crippen molar-refractivity contribution in [2.24, 2.45) is 0 Å². The Morgan fingerprint density at radius 1 is 1.10 bits per heavy atom. The lowest BCUT2D eigenvalue weighted by atomic mass is 10.4. The molecule has 5 rings (SSSR count). The van der Waals surface area contributed by atoms with Crippen LogP contribution in [0, 0.1) is 6.92 Å². The Hall–Kier alpha value is -3.44. The molecule has 5 aromatic rings. The van der Waals surface area contributed by atoms with Crippen LogP contribution >= 0.6 is 11.8 Å². The molecule has 158 valence electrons. The number of sulfone groups is 1. The number of hydrogen-bond donors (Lipinski definition) is 1. The molecule has 0 saturated heterocycles. The summed E-state index contributed by atoms with van der Waals surface area (Å²) in [5.41, 5.74) is 1.00. The van der Waals surface area contributed by atoms with Gasteiger partial charge in [-0.2, -0.15) is 9.61 Å². The number of fused-ring (bicyclic) bond motifs is 1. The second-order valence-electron chi connectivity index (χ2n) is 6.38. The normalized spacial score (nSPS) is 11.3. The second kappa shape index (κ2) is 8.74. The van der Waals surface area contributed by atoms with Gasteiger partial charge in [-0.25, -0.2) is 23.4 Å². The summed E-state index contributed by atoms with van der Waals surface area (Å²) in [5, 5.41) is 4.92. The van der Waals surface area contributed by atoms with Crippen LogP contribution in [0.25, 0.3) is 11.5 Å². The van der Waals surface area contributed by atoms with Crippen molar-refractivity contribution in [3.05, 3.63) is 79.5 Å². The first-order valence-corrected chi connectivity index (χ1v) is 11.9. The molecule has 0 fully saturated rings. The van der Waals surface area contributed by atoms with Crippen molar-refractivity contribution in [3.8, 4) is 5.82 Å². The number of hydrogen-bond acceptors (Lipinski definition) is 7. The van der Waals surface area contributed by atoms with E-state index >= 15 is 0 Å². The van der Waals surface area contributed by atoms with Crippen molar-refractivity contribution in [3.63, 3.8) is 0 Å². The van der Waals surface area contributed by atoms with E-state index in [4.69, 9.17) is 0 Å². The van der Waals surface area contributed by atoms with Crippen molar-refractivity contribution in [1.82, 2.24) is 34.1 Å². The number of nitrogens with one attached hydrogen (secondary N) is 1. The third-order valence-electron chi connectivity index (χ3n) is 4.32. The molecule has 31 heavy (non-hydrogen) atoms. The zero-order valence-corrected chi connectivity index (χ0v) is 18.4. The van der Waals surface area contributed by atoms with Crippen LogP contribution in [0.1, 0.15) is 5.69 Å². The average molecular weight is 454 g/mol. The predicted octanol–water partition coefficient (Wildman–Crippen LogP) is 3.19. The number of aryl methyl sites for hydroxylation is 1. The standard InChI is InChI=1S/C17H15N5O2S2.C3H4N2/c1-12-10-14(21-9-8-18-11-21)22-16(19-12)15(17(20-22)25-2)26(23,24)13-6-4-3-5-7-13;1-2-5-3-4-1/h3-11H,1-2H3;1-3H,(H,4,5). The fourth-order valence-corrected chi connectivity index (χ4v) is 5.37. The number of thioether (sulfide) groups is 1. The van der Waals surface area contributed by atoms with E-state index in [0.29, 0.717) is 22.2 Å². The van der Waals surface area contributed by atoms with Crippen molar-refractivity contribution in [2.45, 2.75) is 21.7 Å². The van der Waals surface area contributed by atoms with Gasteiger partial charge in [0.1, 0.15) is 17.2 Å². The van der Waals surface area contributed by atoms with Gasteiger partial charge >= 0.3 is 0 Å². The van der Waals surface area contributed by atoms with E-state index in [0.717, 1.165) is 0 Å². The summed E-state index contributed by atoms with van der Waals surface area (Å²) >= 11 is 1.28. The molecule has 4 heterocycles. The summed E-state index contributed by atoms with van der Waals surface area (Å²) in [6.07, 6.45) is 12.0. The molecule has 1 aromatic carbocycles. The summed E-state index contributed by atoms with van der Waals surface area (Å²) in [6, 6.07) is 10.2. The Labute approximate surface area is 183 Å². The van der Waals surface area contributed by atoms with Gasteiger partial charge in [0, 0.05) is 36.5 Å². The lowest BCUT2D eigenvalue weighted by Crippen LogP contribution is -2.07. The van der Waals surface area contributed by atoms with Gasteiger partial charge in [-0.1, -0.05) is 18.2 Å². The molecule has 0 saturated carbocycles. The van der Waals surface area contributed by atoms with Gasteiger partial charge < -0.3 is 4.98 Å². The average Bonchev–Trinajstić information content (AvgIpc) is 3.56. The van der Waals surface area contributed by atoms with Gasteiger partial charge in [0.2, 0.25) is 9.84 Å². The first-order valence-electron chi connectivity index (χ1n) is 9.18. The molecule has 0 radical (unpaired) electrons. The SMILES string of the molecule is CSc1nn2c(-n3ccnc3)cc(C)nc2c1S(=O)(=O)c1ccccc1.c1c[nH]cn1. The van der Waals surface area contributed by atoms with Crippen molar-refractivity contribution in [2.75, 3.05) is 6.26 Å². The van der Waals surface area contributed by atoms with Gasteiger partial charge in [-0.3, -0.25) is 4.57 Å². The fourth-order valence-electron chi connectivity index (χ4n) is 2.96. The first-order chi connectivity index (χ1) is 15.0. The van der Waals surface area contributed by atoms with Crippen molar-refractivity contribution < 1.29 is 8.42 Å². The van der Waals surface area contributed by atoms with Gasteiger partial charge in [-0.15, -0.1) is 11.8 Å². The van der Waals surface area contributed by atoms with E-state index in [2.05, 4.69) is 25.0 Å². The number of aromatic nitrogens is 7. The third-order valence-corrected chi connectivity index (χ3v) is 6.92. The highest BCUT2D eigenvalue weighted by Gasteiger charge is 2.29. The van der Waals surface area contributed by atoms with E-state index in [-0.39, 0.29) is 9.79 Å². The molecule has 0 aliphatic carbocycles. The predicted molar refractivity (Wildman–Crippen MR) is 117 cm³/mol. The summed E-state index contributed by atoms with van der Waals surface area (Å²) in [6.45, 7) is 1.82. The van der Waals surface area contributed by atoms with Crippen LogP contribution < -0.4 is 0 Å². The number of imidazole rings is 2. The van der Waals surface area contributed by atoms with Gasteiger partial charge in [0.25, 0.3) is 0 Å². The van der Waals surface area contributed by atoms with E-state index in [1.807, 2.05) is 13.0 Å². The highest BCUT2D eigenvalue weighted by Crippen LogP contribution is 2.33. The van der Waals surface area contributed by atoms with Crippen LogP contribution in [-0.4, -0.2) is 48.8 Å².